The highest BCUT2D eigenvalue weighted by molar-refractivity contribution is 5.86. The summed E-state index contributed by atoms with van der Waals surface area (Å²) in [6, 6.07) is 13.5. The predicted octanol–water partition coefficient (Wildman–Crippen LogP) is 3.28. The van der Waals surface area contributed by atoms with E-state index in [0.29, 0.717) is 17.8 Å². The molecule has 0 aliphatic carbocycles. The van der Waals surface area contributed by atoms with Crippen molar-refractivity contribution >= 4 is 22.8 Å². The number of anilines is 2. The molecule has 3 N–H and O–H groups in total. The van der Waals surface area contributed by atoms with Gasteiger partial charge in [-0.2, -0.15) is 10.2 Å². The average Bonchev–Trinajstić information content (AvgIpc) is 2.63. The summed E-state index contributed by atoms with van der Waals surface area (Å²) in [7, 11) is 0. The number of hydrogen-bond donors (Lipinski definition) is 2. The van der Waals surface area contributed by atoms with E-state index in [1.807, 2.05) is 36.4 Å². The standard InChI is InChI=1S/C19H20N6/c1-2-3-10-22-18-17-16(24-19(21)25-18)9-8-15(23-17)11-13-4-6-14(12-20)7-5-13/h4-9H,2-3,10-11H2,1H3,(H3,21,22,24,25). The minimum atomic E-state index is 0.244. The second kappa shape index (κ2) is 7.58. The third-order valence-electron chi connectivity index (χ3n) is 3.91. The molecule has 3 aromatic rings. The van der Waals surface area contributed by atoms with Crippen LogP contribution in [0.1, 0.15) is 36.6 Å². The molecular weight excluding hydrogens is 312 g/mol. The van der Waals surface area contributed by atoms with Gasteiger partial charge in [-0.3, -0.25) is 0 Å². The van der Waals surface area contributed by atoms with Crippen LogP contribution in [0.25, 0.3) is 11.0 Å². The Morgan fingerprint density at radius 1 is 1.08 bits per heavy atom. The first-order valence-corrected chi connectivity index (χ1v) is 8.35. The van der Waals surface area contributed by atoms with Crippen molar-refractivity contribution in [3.8, 4) is 6.07 Å². The molecule has 3 rings (SSSR count). The lowest BCUT2D eigenvalue weighted by Crippen LogP contribution is -2.08. The van der Waals surface area contributed by atoms with Gasteiger partial charge in [0.1, 0.15) is 5.52 Å². The summed E-state index contributed by atoms with van der Waals surface area (Å²) in [5.74, 6) is 0.922. The first-order valence-electron chi connectivity index (χ1n) is 8.35. The number of fused-ring (bicyclic) bond motifs is 1. The summed E-state index contributed by atoms with van der Waals surface area (Å²) in [4.78, 5) is 13.3. The number of hydrogen-bond acceptors (Lipinski definition) is 6. The number of aromatic nitrogens is 3. The number of nitrogens with one attached hydrogen (secondary N) is 1. The van der Waals surface area contributed by atoms with Crippen LogP contribution in [-0.4, -0.2) is 21.5 Å². The van der Waals surface area contributed by atoms with E-state index >= 15 is 0 Å². The highest BCUT2D eigenvalue weighted by Gasteiger charge is 2.09. The van der Waals surface area contributed by atoms with Gasteiger partial charge in [-0.05, 0) is 36.2 Å². The van der Waals surface area contributed by atoms with Gasteiger partial charge in [-0.1, -0.05) is 25.5 Å². The van der Waals surface area contributed by atoms with Crippen LogP contribution >= 0.6 is 0 Å². The number of nitrogen functional groups attached to an aromatic ring is 1. The Morgan fingerprint density at radius 3 is 2.60 bits per heavy atom. The van der Waals surface area contributed by atoms with Gasteiger partial charge >= 0.3 is 0 Å². The topological polar surface area (TPSA) is 101 Å². The summed E-state index contributed by atoms with van der Waals surface area (Å²) in [6.07, 6.45) is 2.83. The Balaban J connectivity index is 1.90. The largest absolute Gasteiger partial charge is 0.368 e. The minimum absolute atomic E-state index is 0.244. The number of nitrogens with two attached hydrogens (primary N) is 1. The van der Waals surface area contributed by atoms with Crippen LogP contribution in [-0.2, 0) is 6.42 Å². The first-order chi connectivity index (χ1) is 12.2. The number of pyridine rings is 1. The van der Waals surface area contributed by atoms with Gasteiger partial charge in [-0.15, -0.1) is 0 Å². The van der Waals surface area contributed by atoms with Crippen LogP contribution in [0.3, 0.4) is 0 Å². The molecule has 0 bridgehead atoms. The van der Waals surface area contributed by atoms with Crippen LogP contribution in [0.15, 0.2) is 36.4 Å². The fraction of sp³-hybridized carbons (Fsp3) is 0.263. The van der Waals surface area contributed by atoms with Gasteiger partial charge < -0.3 is 11.1 Å². The second-order valence-electron chi connectivity index (χ2n) is 5.87. The number of nitriles is 1. The smallest absolute Gasteiger partial charge is 0.222 e. The molecule has 0 radical (unpaired) electrons. The molecule has 25 heavy (non-hydrogen) atoms. The van der Waals surface area contributed by atoms with E-state index in [1.54, 1.807) is 0 Å². The molecule has 6 heteroatoms. The van der Waals surface area contributed by atoms with Crippen molar-refractivity contribution in [1.29, 1.82) is 5.26 Å². The molecule has 0 atom stereocenters. The van der Waals surface area contributed by atoms with Gasteiger partial charge in [0.25, 0.3) is 0 Å². The van der Waals surface area contributed by atoms with Crippen molar-refractivity contribution in [3.05, 3.63) is 53.2 Å². The molecule has 1 aromatic carbocycles. The van der Waals surface area contributed by atoms with E-state index in [4.69, 9.17) is 16.0 Å². The van der Waals surface area contributed by atoms with Crippen molar-refractivity contribution in [2.75, 3.05) is 17.6 Å². The molecular formula is C19H20N6. The van der Waals surface area contributed by atoms with E-state index in [-0.39, 0.29) is 5.95 Å². The maximum atomic E-state index is 8.88. The van der Waals surface area contributed by atoms with Crippen molar-refractivity contribution in [1.82, 2.24) is 15.0 Å². The fourth-order valence-electron chi connectivity index (χ4n) is 2.58. The summed E-state index contributed by atoms with van der Waals surface area (Å²) >= 11 is 0. The SMILES string of the molecule is CCCCNc1nc(N)nc2ccc(Cc3ccc(C#N)cc3)nc12. The van der Waals surface area contributed by atoms with E-state index in [1.165, 1.54) is 0 Å². The van der Waals surface area contributed by atoms with Crippen molar-refractivity contribution in [3.63, 3.8) is 0 Å². The van der Waals surface area contributed by atoms with Crippen LogP contribution in [0.2, 0.25) is 0 Å². The average molecular weight is 332 g/mol. The molecule has 0 unspecified atom stereocenters. The Hall–Kier alpha value is -3.20. The molecule has 0 fully saturated rings. The lowest BCUT2D eigenvalue weighted by molar-refractivity contribution is 0.831. The number of unbranched alkanes of at least 4 members (excludes halogenated alkanes) is 1. The third-order valence-corrected chi connectivity index (χ3v) is 3.91. The van der Waals surface area contributed by atoms with Crippen LogP contribution in [0.5, 0.6) is 0 Å². The summed E-state index contributed by atoms with van der Waals surface area (Å²) in [5.41, 5.74) is 9.94. The van der Waals surface area contributed by atoms with Crippen LogP contribution in [0.4, 0.5) is 11.8 Å². The zero-order chi connectivity index (χ0) is 17.6. The van der Waals surface area contributed by atoms with Gasteiger partial charge in [0.2, 0.25) is 5.95 Å². The maximum absolute atomic E-state index is 8.88. The van der Waals surface area contributed by atoms with Crippen LogP contribution < -0.4 is 11.1 Å². The van der Waals surface area contributed by atoms with E-state index in [0.717, 1.165) is 41.7 Å². The van der Waals surface area contributed by atoms with E-state index in [9.17, 15) is 0 Å². The lowest BCUT2D eigenvalue weighted by atomic mass is 10.1. The Bertz CT molecular complexity index is 912. The Morgan fingerprint density at radius 2 is 1.88 bits per heavy atom. The van der Waals surface area contributed by atoms with E-state index in [2.05, 4.69) is 28.3 Å². The normalized spacial score (nSPS) is 10.6. The van der Waals surface area contributed by atoms with E-state index < -0.39 is 0 Å². The molecule has 0 saturated heterocycles. The molecule has 126 valence electrons. The van der Waals surface area contributed by atoms with Gasteiger partial charge in [0.15, 0.2) is 5.82 Å². The number of benzene rings is 1. The summed E-state index contributed by atoms with van der Waals surface area (Å²) in [6.45, 7) is 2.96. The maximum Gasteiger partial charge on any atom is 0.222 e. The number of rotatable bonds is 6. The molecule has 0 saturated carbocycles. The van der Waals surface area contributed by atoms with Gasteiger partial charge in [-0.25, -0.2) is 9.97 Å². The molecule has 2 heterocycles. The predicted molar refractivity (Wildman–Crippen MR) is 99.1 cm³/mol. The second-order valence-corrected chi connectivity index (χ2v) is 5.87. The summed E-state index contributed by atoms with van der Waals surface area (Å²) in [5, 5.41) is 12.2. The Kier molecular flexibility index (Phi) is 5.05. The zero-order valence-corrected chi connectivity index (χ0v) is 14.2. The van der Waals surface area contributed by atoms with Gasteiger partial charge in [0, 0.05) is 18.7 Å². The van der Waals surface area contributed by atoms with Crippen molar-refractivity contribution in [2.24, 2.45) is 0 Å². The third kappa shape index (κ3) is 4.01. The molecule has 0 aliphatic heterocycles. The highest BCUT2D eigenvalue weighted by atomic mass is 15.1. The molecule has 0 aliphatic rings. The Labute approximate surface area is 146 Å². The highest BCUT2D eigenvalue weighted by Crippen LogP contribution is 2.21. The molecule has 0 amide bonds. The molecule has 0 spiro atoms. The van der Waals surface area contributed by atoms with Crippen LogP contribution in [0, 0.1) is 11.3 Å². The monoisotopic (exact) mass is 332 g/mol. The fourth-order valence-corrected chi connectivity index (χ4v) is 2.58. The number of nitrogens with zero attached hydrogens (tertiary/aromatic N) is 4. The molecule has 6 nitrogen and oxygen atoms in total. The van der Waals surface area contributed by atoms with Gasteiger partial charge in [0.05, 0.1) is 17.1 Å². The van der Waals surface area contributed by atoms with Crippen molar-refractivity contribution < 1.29 is 0 Å². The minimum Gasteiger partial charge on any atom is -0.368 e. The molecule has 2 aromatic heterocycles. The zero-order valence-electron chi connectivity index (χ0n) is 14.2. The van der Waals surface area contributed by atoms with Crippen molar-refractivity contribution in [2.45, 2.75) is 26.2 Å². The quantitative estimate of drug-likeness (QED) is 0.672. The first kappa shape index (κ1) is 16.7. The lowest BCUT2D eigenvalue weighted by Gasteiger charge is -2.10. The summed E-state index contributed by atoms with van der Waals surface area (Å²) < 4.78 is 0.